The third kappa shape index (κ3) is 1.85. The van der Waals surface area contributed by atoms with E-state index in [1.54, 1.807) is 6.07 Å². The van der Waals surface area contributed by atoms with E-state index in [-0.39, 0.29) is 5.82 Å². The summed E-state index contributed by atoms with van der Waals surface area (Å²) in [5, 5.41) is 3.30. The number of anilines is 1. The lowest BCUT2D eigenvalue weighted by Gasteiger charge is -2.34. The number of nitrogens with one attached hydrogen (secondary N) is 1. The predicted molar refractivity (Wildman–Crippen MR) is 53.9 cm³/mol. The molecule has 1 aromatic heterocycles. The fourth-order valence-corrected chi connectivity index (χ4v) is 1.72. The molecule has 14 heavy (non-hydrogen) atoms. The first-order valence-electron chi connectivity index (χ1n) is 4.86. The topological polar surface area (TPSA) is 28.2 Å². The summed E-state index contributed by atoms with van der Waals surface area (Å²) in [5.74, 6) is 0.580. The zero-order valence-corrected chi connectivity index (χ0v) is 8.20. The molecule has 0 unspecified atom stereocenters. The number of nitrogens with zero attached hydrogens (tertiary/aromatic N) is 2. The number of rotatable bonds is 1. The molecule has 0 bridgehead atoms. The van der Waals surface area contributed by atoms with Crippen LogP contribution in [-0.2, 0) is 0 Å². The summed E-state index contributed by atoms with van der Waals surface area (Å²) in [7, 11) is 0. The molecule has 1 fully saturated rings. The van der Waals surface area contributed by atoms with E-state index in [0.29, 0.717) is 6.04 Å². The molecular weight excluding hydrogens is 181 g/mol. The van der Waals surface area contributed by atoms with Crippen LogP contribution in [0.2, 0.25) is 0 Å². The summed E-state index contributed by atoms with van der Waals surface area (Å²) >= 11 is 0. The highest BCUT2D eigenvalue weighted by Crippen LogP contribution is 2.14. The number of pyridine rings is 1. The van der Waals surface area contributed by atoms with Gasteiger partial charge in [-0.2, -0.15) is 0 Å². The molecule has 1 aliphatic rings. The molecule has 3 nitrogen and oxygen atoms in total. The minimum atomic E-state index is -0.281. The summed E-state index contributed by atoms with van der Waals surface area (Å²) in [5.41, 5.74) is 0. The van der Waals surface area contributed by atoms with Crippen molar-refractivity contribution in [3.05, 3.63) is 24.1 Å². The summed E-state index contributed by atoms with van der Waals surface area (Å²) in [6.07, 6.45) is 1.27. The van der Waals surface area contributed by atoms with Gasteiger partial charge in [-0.05, 0) is 19.1 Å². The maximum absolute atomic E-state index is 12.7. The van der Waals surface area contributed by atoms with Gasteiger partial charge in [-0.3, -0.25) is 0 Å². The van der Waals surface area contributed by atoms with E-state index < -0.39 is 0 Å². The van der Waals surface area contributed by atoms with E-state index in [4.69, 9.17) is 0 Å². The quantitative estimate of drug-likeness (QED) is 0.725. The molecule has 4 heteroatoms. The second-order valence-electron chi connectivity index (χ2n) is 3.58. The molecule has 2 rings (SSSR count). The molecule has 0 aromatic carbocycles. The first-order valence-corrected chi connectivity index (χ1v) is 4.86. The van der Waals surface area contributed by atoms with Gasteiger partial charge in [-0.25, -0.2) is 9.37 Å². The van der Waals surface area contributed by atoms with E-state index in [1.165, 1.54) is 12.3 Å². The normalized spacial score (nSPS) is 22.4. The lowest BCUT2D eigenvalue weighted by atomic mass is 10.2. The van der Waals surface area contributed by atoms with E-state index >= 15 is 0 Å². The van der Waals surface area contributed by atoms with E-state index in [0.717, 1.165) is 25.5 Å². The van der Waals surface area contributed by atoms with Gasteiger partial charge in [-0.1, -0.05) is 0 Å². The highest BCUT2D eigenvalue weighted by atomic mass is 19.1. The van der Waals surface area contributed by atoms with Crippen LogP contribution in [0.3, 0.4) is 0 Å². The average molecular weight is 195 g/mol. The molecular formula is C10H14FN3. The molecule has 0 saturated carbocycles. The number of hydrogen-bond donors (Lipinski definition) is 1. The standard InChI is InChI=1S/C10H14FN3/c1-8-6-12-4-5-14(8)10-3-2-9(11)7-13-10/h2-3,7-8,12H,4-6H2,1H3/t8-/m1/s1. The van der Waals surface area contributed by atoms with Crippen molar-refractivity contribution >= 4 is 5.82 Å². The third-order valence-electron chi connectivity index (χ3n) is 2.51. The first-order chi connectivity index (χ1) is 6.77. The molecule has 0 amide bonds. The Hall–Kier alpha value is -1.16. The van der Waals surface area contributed by atoms with Crippen molar-refractivity contribution in [1.82, 2.24) is 10.3 Å². The molecule has 1 N–H and O–H groups in total. The second-order valence-corrected chi connectivity index (χ2v) is 3.58. The van der Waals surface area contributed by atoms with Gasteiger partial charge >= 0.3 is 0 Å². The third-order valence-corrected chi connectivity index (χ3v) is 2.51. The molecule has 0 spiro atoms. The summed E-state index contributed by atoms with van der Waals surface area (Å²) in [6, 6.07) is 3.61. The highest BCUT2D eigenvalue weighted by molar-refractivity contribution is 5.39. The Kier molecular flexibility index (Phi) is 2.63. The first kappa shape index (κ1) is 9.40. The van der Waals surface area contributed by atoms with Crippen LogP contribution in [0.25, 0.3) is 0 Å². The minimum Gasteiger partial charge on any atom is -0.351 e. The monoisotopic (exact) mass is 195 g/mol. The van der Waals surface area contributed by atoms with Crippen LogP contribution in [0.15, 0.2) is 18.3 Å². The highest BCUT2D eigenvalue weighted by Gasteiger charge is 2.18. The SMILES string of the molecule is C[C@@H]1CNCCN1c1ccc(F)cn1. The van der Waals surface area contributed by atoms with E-state index in [9.17, 15) is 4.39 Å². The molecule has 1 aliphatic heterocycles. The Labute approximate surface area is 82.9 Å². The molecule has 1 aromatic rings. The number of piperazine rings is 1. The van der Waals surface area contributed by atoms with Gasteiger partial charge in [0.25, 0.3) is 0 Å². The van der Waals surface area contributed by atoms with Crippen LogP contribution >= 0.6 is 0 Å². The zero-order chi connectivity index (χ0) is 9.97. The van der Waals surface area contributed by atoms with Gasteiger partial charge in [0.05, 0.1) is 6.20 Å². The van der Waals surface area contributed by atoms with Gasteiger partial charge in [0.1, 0.15) is 11.6 Å². The second kappa shape index (κ2) is 3.92. The van der Waals surface area contributed by atoms with Gasteiger partial charge < -0.3 is 10.2 Å². The maximum atomic E-state index is 12.7. The number of hydrogen-bond acceptors (Lipinski definition) is 3. The van der Waals surface area contributed by atoms with Crippen molar-refractivity contribution < 1.29 is 4.39 Å². The maximum Gasteiger partial charge on any atom is 0.141 e. The number of aromatic nitrogens is 1. The largest absolute Gasteiger partial charge is 0.351 e. The van der Waals surface area contributed by atoms with Crippen molar-refractivity contribution in [2.24, 2.45) is 0 Å². The van der Waals surface area contributed by atoms with Crippen LogP contribution in [0.4, 0.5) is 10.2 Å². The lowest BCUT2D eigenvalue weighted by molar-refractivity contribution is 0.496. The van der Waals surface area contributed by atoms with Gasteiger partial charge in [0.15, 0.2) is 0 Å². The summed E-state index contributed by atoms with van der Waals surface area (Å²) in [4.78, 5) is 6.27. The molecule has 76 valence electrons. The Bertz CT molecular complexity index is 299. The summed E-state index contributed by atoms with van der Waals surface area (Å²) < 4.78 is 12.7. The van der Waals surface area contributed by atoms with E-state index in [2.05, 4.69) is 22.1 Å². The smallest absolute Gasteiger partial charge is 0.141 e. The Balaban J connectivity index is 2.16. The fourth-order valence-electron chi connectivity index (χ4n) is 1.72. The fraction of sp³-hybridized carbons (Fsp3) is 0.500. The van der Waals surface area contributed by atoms with Crippen molar-refractivity contribution in [2.45, 2.75) is 13.0 Å². The molecule has 1 atom stereocenters. The van der Waals surface area contributed by atoms with Crippen LogP contribution in [0.1, 0.15) is 6.92 Å². The summed E-state index contributed by atoms with van der Waals surface area (Å²) in [6.45, 7) is 4.99. The van der Waals surface area contributed by atoms with Crippen LogP contribution in [0.5, 0.6) is 0 Å². The number of halogens is 1. The van der Waals surface area contributed by atoms with Crippen molar-refractivity contribution in [2.75, 3.05) is 24.5 Å². The predicted octanol–water partition coefficient (Wildman–Crippen LogP) is 1.02. The minimum absolute atomic E-state index is 0.281. The van der Waals surface area contributed by atoms with Crippen LogP contribution in [0, 0.1) is 5.82 Å². The van der Waals surface area contributed by atoms with Crippen molar-refractivity contribution in [3.8, 4) is 0 Å². The zero-order valence-electron chi connectivity index (χ0n) is 8.20. The average Bonchev–Trinajstić information content (AvgIpc) is 2.20. The van der Waals surface area contributed by atoms with Gasteiger partial charge in [-0.15, -0.1) is 0 Å². The van der Waals surface area contributed by atoms with Crippen molar-refractivity contribution in [1.29, 1.82) is 0 Å². The molecule has 0 aliphatic carbocycles. The van der Waals surface area contributed by atoms with Crippen LogP contribution < -0.4 is 10.2 Å². The molecule has 0 radical (unpaired) electrons. The molecule has 1 saturated heterocycles. The van der Waals surface area contributed by atoms with Gasteiger partial charge in [0.2, 0.25) is 0 Å². The Morgan fingerprint density at radius 1 is 1.57 bits per heavy atom. The van der Waals surface area contributed by atoms with E-state index in [1.807, 2.05) is 0 Å². The van der Waals surface area contributed by atoms with Gasteiger partial charge in [0, 0.05) is 25.7 Å². The van der Waals surface area contributed by atoms with Crippen molar-refractivity contribution in [3.63, 3.8) is 0 Å². The van der Waals surface area contributed by atoms with Crippen LogP contribution in [-0.4, -0.2) is 30.7 Å². The Morgan fingerprint density at radius 2 is 2.43 bits per heavy atom. The Morgan fingerprint density at radius 3 is 3.07 bits per heavy atom. The lowest BCUT2D eigenvalue weighted by Crippen LogP contribution is -2.50. The molecule has 2 heterocycles.